The van der Waals surface area contributed by atoms with Crippen LogP contribution in [0.25, 0.3) is 0 Å². The number of carbonyl (C=O) groups excluding carboxylic acids is 1. The SMILES string of the molecule is CC(N)C1CCN(C(=O)C2CCCCO2)C1.Cl. The van der Waals surface area contributed by atoms with Crippen LogP contribution in [0.5, 0.6) is 0 Å². The van der Waals surface area contributed by atoms with Gasteiger partial charge >= 0.3 is 0 Å². The molecule has 0 aromatic heterocycles. The van der Waals surface area contributed by atoms with Gasteiger partial charge in [-0.15, -0.1) is 12.4 Å². The van der Waals surface area contributed by atoms with E-state index in [2.05, 4.69) is 0 Å². The van der Waals surface area contributed by atoms with Crippen LogP contribution >= 0.6 is 12.4 Å². The van der Waals surface area contributed by atoms with Gasteiger partial charge in [-0.1, -0.05) is 0 Å². The van der Waals surface area contributed by atoms with Gasteiger partial charge in [0.15, 0.2) is 0 Å². The van der Waals surface area contributed by atoms with E-state index in [4.69, 9.17) is 10.5 Å². The zero-order valence-electron chi connectivity index (χ0n) is 10.4. The maximum absolute atomic E-state index is 12.1. The molecule has 0 radical (unpaired) electrons. The minimum atomic E-state index is -0.180. The fourth-order valence-electron chi connectivity index (χ4n) is 2.56. The van der Waals surface area contributed by atoms with Crippen molar-refractivity contribution in [3.8, 4) is 0 Å². The fourth-order valence-corrected chi connectivity index (χ4v) is 2.56. The summed E-state index contributed by atoms with van der Waals surface area (Å²) in [4.78, 5) is 14.1. The van der Waals surface area contributed by atoms with Gasteiger partial charge in [-0.2, -0.15) is 0 Å². The predicted octanol–water partition coefficient (Wildman–Crippen LogP) is 1.17. The van der Waals surface area contributed by atoms with E-state index in [-0.39, 0.29) is 30.5 Å². The molecule has 100 valence electrons. The zero-order valence-corrected chi connectivity index (χ0v) is 11.2. The summed E-state index contributed by atoms with van der Waals surface area (Å²) in [5.74, 6) is 0.649. The highest BCUT2D eigenvalue weighted by Crippen LogP contribution is 2.22. The highest BCUT2D eigenvalue weighted by atomic mass is 35.5. The number of nitrogens with zero attached hydrogens (tertiary/aromatic N) is 1. The lowest BCUT2D eigenvalue weighted by molar-refractivity contribution is -0.145. The number of halogens is 1. The predicted molar refractivity (Wildman–Crippen MR) is 69.2 cm³/mol. The molecular formula is C12H23ClN2O2. The van der Waals surface area contributed by atoms with Crippen LogP contribution < -0.4 is 5.73 Å². The smallest absolute Gasteiger partial charge is 0.251 e. The summed E-state index contributed by atoms with van der Waals surface area (Å²) >= 11 is 0. The van der Waals surface area contributed by atoms with Crippen molar-refractivity contribution in [2.45, 2.75) is 44.8 Å². The number of hydrogen-bond donors (Lipinski definition) is 1. The number of likely N-dealkylation sites (tertiary alicyclic amines) is 1. The number of nitrogens with two attached hydrogens (primary N) is 1. The number of ether oxygens (including phenoxy) is 1. The van der Waals surface area contributed by atoms with Gasteiger partial charge in [-0.05, 0) is 38.5 Å². The fraction of sp³-hybridized carbons (Fsp3) is 0.917. The molecule has 0 aliphatic carbocycles. The Balaban J connectivity index is 0.00000144. The summed E-state index contributed by atoms with van der Waals surface area (Å²) in [5, 5.41) is 0. The lowest BCUT2D eigenvalue weighted by Gasteiger charge is -2.26. The molecule has 2 saturated heterocycles. The highest BCUT2D eigenvalue weighted by molar-refractivity contribution is 5.85. The summed E-state index contributed by atoms with van der Waals surface area (Å²) in [5.41, 5.74) is 5.87. The first-order valence-corrected chi connectivity index (χ1v) is 6.34. The number of carbonyl (C=O) groups is 1. The molecule has 3 unspecified atom stereocenters. The molecule has 0 aromatic carbocycles. The van der Waals surface area contributed by atoms with E-state index in [0.717, 1.165) is 45.4 Å². The second-order valence-corrected chi connectivity index (χ2v) is 5.05. The third-order valence-electron chi connectivity index (χ3n) is 3.74. The average Bonchev–Trinajstić information content (AvgIpc) is 2.78. The van der Waals surface area contributed by atoms with Gasteiger partial charge < -0.3 is 15.4 Å². The van der Waals surface area contributed by atoms with Crippen molar-refractivity contribution in [1.29, 1.82) is 0 Å². The average molecular weight is 263 g/mol. The van der Waals surface area contributed by atoms with E-state index in [1.54, 1.807) is 0 Å². The van der Waals surface area contributed by atoms with Crippen LogP contribution in [0.2, 0.25) is 0 Å². The molecule has 2 fully saturated rings. The van der Waals surface area contributed by atoms with Crippen LogP contribution in [0.3, 0.4) is 0 Å². The van der Waals surface area contributed by atoms with Crippen molar-refractivity contribution < 1.29 is 9.53 Å². The Kier molecular flexibility index (Phi) is 5.70. The molecule has 2 rings (SSSR count). The van der Waals surface area contributed by atoms with Gasteiger partial charge in [0.1, 0.15) is 6.10 Å². The Hall–Kier alpha value is -0.320. The van der Waals surface area contributed by atoms with E-state index >= 15 is 0 Å². The van der Waals surface area contributed by atoms with Crippen LogP contribution in [-0.4, -0.2) is 42.6 Å². The van der Waals surface area contributed by atoms with Crippen LogP contribution in [0.4, 0.5) is 0 Å². The van der Waals surface area contributed by atoms with Crippen LogP contribution in [0.1, 0.15) is 32.6 Å². The first-order chi connectivity index (χ1) is 7.68. The van der Waals surface area contributed by atoms with Crippen LogP contribution in [0, 0.1) is 5.92 Å². The molecule has 0 bridgehead atoms. The van der Waals surface area contributed by atoms with E-state index in [9.17, 15) is 4.79 Å². The maximum atomic E-state index is 12.1. The molecule has 4 nitrogen and oxygen atoms in total. The number of rotatable bonds is 2. The molecule has 17 heavy (non-hydrogen) atoms. The molecule has 2 heterocycles. The maximum Gasteiger partial charge on any atom is 0.251 e. The summed E-state index contributed by atoms with van der Waals surface area (Å²) in [6, 6.07) is 0.185. The summed E-state index contributed by atoms with van der Waals surface area (Å²) < 4.78 is 5.53. The summed E-state index contributed by atoms with van der Waals surface area (Å²) in [7, 11) is 0. The molecule has 2 N–H and O–H groups in total. The lowest BCUT2D eigenvalue weighted by Crippen LogP contribution is -2.41. The first-order valence-electron chi connectivity index (χ1n) is 6.34. The van der Waals surface area contributed by atoms with Gasteiger partial charge in [0.2, 0.25) is 0 Å². The Morgan fingerprint density at radius 2 is 2.18 bits per heavy atom. The summed E-state index contributed by atoms with van der Waals surface area (Å²) in [6.45, 7) is 4.43. The lowest BCUT2D eigenvalue weighted by atomic mass is 10.0. The highest BCUT2D eigenvalue weighted by Gasteiger charge is 2.33. The van der Waals surface area contributed by atoms with Crippen molar-refractivity contribution in [3.63, 3.8) is 0 Å². The van der Waals surface area contributed by atoms with E-state index in [0.29, 0.717) is 5.92 Å². The van der Waals surface area contributed by atoms with Gasteiger partial charge in [0.25, 0.3) is 5.91 Å². The van der Waals surface area contributed by atoms with E-state index in [1.807, 2.05) is 11.8 Å². The molecule has 1 amide bonds. The molecule has 3 atom stereocenters. The molecule has 2 aliphatic heterocycles. The molecule has 0 spiro atoms. The Morgan fingerprint density at radius 3 is 2.71 bits per heavy atom. The van der Waals surface area contributed by atoms with Crippen molar-refractivity contribution in [1.82, 2.24) is 4.90 Å². The van der Waals surface area contributed by atoms with Gasteiger partial charge in [-0.25, -0.2) is 0 Å². The van der Waals surface area contributed by atoms with Crippen molar-refractivity contribution in [3.05, 3.63) is 0 Å². The molecule has 0 saturated carbocycles. The second kappa shape index (κ2) is 6.57. The third kappa shape index (κ3) is 3.57. The monoisotopic (exact) mass is 262 g/mol. The van der Waals surface area contributed by atoms with Crippen LogP contribution in [0.15, 0.2) is 0 Å². The van der Waals surface area contributed by atoms with Gasteiger partial charge in [0, 0.05) is 25.7 Å². The second-order valence-electron chi connectivity index (χ2n) is 5.05. The van der Waals surface area contributed by atoms with Crippen molar-refractivity contribution in [2.75, 3.05) is 19.7 Å². The topological polar surface area (TPSA) is 55.6 Å². The molecule has 0 aromatic rings. The quantitative estimate of drug-likeness (QED) is 0.813. The summed E-state index contributed by atoms with van der Waals surface area (Å²) in [6.07, 6.45) is 3.95. The number of amides is 1. The van der Waals surface area contributed by atoms with Gasteiger partial charge in [0.05, 0.1) is 0 Å². The number of hydrogen-bond acceptors (Lipinski definition) is 3. The standard InChI is InChI=1S/C12H22N2O2.ClH/c1-9(13)10-5-6-14(8-10)12(15)11-4-2-3-7-16-11;/h9-11H,2-8,13H2,1H3;1H. The molecule has 2 aliphatic rings. The Bertz CT molecular complexity index is 255. The molecule has 5 heteroatoms. The Labute approximate surface area is 109 Å². The third-order valence-corrected chi connectivity index (χ3v) is 3.74. The molecular weight excluding hydrogens is 240 g/mol. The van der Waals surface area contributed by atoms with Crippen molar-refractivity contribution in [2.24, 2.45) is 11.7 Å². The minimum Gasteiger partial charge on any atom is -0.368 e. The van der Waals surface area contributed by atoms with E-state index in [1.165, 1.54) is 0 Å². The Morgan fingerprint density at radius 1 is 1.41 bits per heavy atom. The van der Waals surface area contributed by atoms with Crippen LogP contribution in [-0.2, 0) is 9.53 Å². The van der Waals surface area contributed by atoms with Gasteiger partial charge in [-0.3, -0.25) is 4.79 Å². The zero-order chi connectivity index (χ0) is 11.5. The van der Waals surface area contributed by atoms with E-state index < -0.39 is 0 Å². The minimum absolute atomic E-state index is 0. The normalized spacial score (nSPS) is 30.8. The largest absolute Gasteiger partial charge is 0.368 e. The van der Waals surface area contributed by atoms with Crippen molar-refractivity contribution >= 4 is 18.3 Å². The first kappa shape index (κ1) is 14.7.